The van der Waals surface area contributed by atoms with E-state index in [9.17, 15) is 20.1 Å². The number of carbonyl (C=O) groups is 2. The lowest BCUT2D eigenvalue weighted by molar-refractivity contribution is -0.112. The fraction of sp³-hybridized carbons (Fsp3) is 0.143. The molecule has 1 amide bonds. The molecule has 0 radical (unpaired) electrons. The highest BCUT2D eigenvalue weighted by Crippen LogP contribution is 2.38. The summed E-state index contributed by atoms with van der Waals surface area (Å²) in [6.45, 7) is 2.12. The van der Waals surface area contributed by atoms with E-state index in [1.165, 1.54) is 25.3 Å². The lowest BCUT2D eigenvalue weighted by atomic mass is 10.1. The van der Waals surface area contributed by atoms with Gasteiger partial charge in [0, 0.05) is 11.3 Å². The van der Waals surface area contributed by atoms with Crippen molar-refractivity contribution >= 4 is 39.6 Å². The first-order valence-electron chi connectivity index (χ1n) is 11.1. The summed E-state index contributed by atoms with van der Waals surface area (Å²) < 4.78 is 16.9. The van der Waals surface area contributed by atoms with Crippen molar-refractivity contribution in [2.75, 3.05) is 19.0 Å². The fourth-order valence-electron chi connectivity index (χ4n) is 3.29. The maximum Gasteiger partial charge on any atom is 0.338 e. The molecule has 0 aliphatic rings. The van der Waals surface area contributed by atoms with Crippen molar-refractivity contribution < 1.29 is 23.8 Å². The van der Waals surface area contributed by atoms with Crippen LogP contribution in [-0.4, -0.2) is 25.6 Å². The van der Waals surface area contributed by atoms with E-state index >= 15 is 0 Å². The Morgan fingerprint density at radius 1 is 1.08 bits per heavy atom. The lowest BCUT2D eigenvalue weighted by Gasteiger charge is -2.14. The van der Waals surface area contributed by atoms with E-state index in [1.54, 1.807) is 49.4 Å². The van der Waals surface area contributed by atoms with Crippen LogP contribution >= 0.6 is 15.9 Å². The molecule has 0 saturated heterocycles. The molecule has 0 heterocycles. The highest BCUT2D eigenvalue weighted by Gasteiger charge is 2.15. The average Bonchev–Trinajstić information content (AvgIpc) is 2.91. The van der Waals surface area contributed by atoms with E-state index in [0.717, 1.165) is 5.56 Å². The Hall–Kier alpha value is -4.60. The highest BCUT2D eigenvalue weighted by molar-refractivity contribution is 9.10. The molecule has 0 fully saturated rings. The van der Waals surface area contributed by atoms with E-state index in [-0.39, 0.29) is 18.8 Å². The Kier molecular flexibility index (Phi) is 9.42. The standard InChI is InChI=1S/C28H22BrN3O5/c1-3-36-28(34)19-8-10-23(11-9-19)32-27(33)22(16-31)12-18-13-24(29)26(25(14-18)35-2)37-17-21-7-5-4-6-20(21)15-30/h4-14H,3,17H2,1-2H3,(H,32,33)/b22-12+. The van der Waals surface area contributed by atoms with E-state index in [2.05, 4.69) is 27.3 Å². The van der Waals surface area contributed by atoms with Gasteiger partial charge in [0.1, 0.15) is 18.2 Å². The van der Waals surface area contributed by atoms with Crippen molar-refractivity contribution in [2.24, 2.45) is 0 Å². The van der Waals surface area contributed by atoms with Crippen molar-refractivity contribution in [3.05, 3.63) is 93.0 Å². The molecule has 1 N–H and O–H groups in total. The van der Waals surface area contributed by atoms with Gasteiger partial charge < -0.3 is 19.5 Å². The second kappa shape index (κ2) is 12.9. The third kappa shape index (κ3) is 6.97. The Morgan fingerprint density at radius 2 is 1.81 bits per heavy atom. The molecule has 186 valence electrons. The number of benzene rings is 3. The zero-order valence-electron chi connectivity index (χ0n) is 20.1. The van der Waals surface area contributed by atoms with Gasteiger partial charge in [0.15, 0.2) is 11.5 Å². The molecule has 3 rings (SSSR count). The highest BCUT2D eigenvalue weighted by atomic mass is 79.9. The number of hydrogen-bond acceptors (Lipinski definition) is 7. The van der Waals surface area contributed by atoms with Crippen molar-refractivity contribution in [3.63, 3.8) is 0 Å². The third-order valence-electron chi connectivity index (χ3n) is 5.09. The summed E-state index contributed by atoms with van der Waals surface area (Å²) in [5.41, 5.74) is 2.39. The number of nitrogens with zero attached hydrogens (tertiary/aromatic N) is 2. The van der Waals surface area contributed by atoms with Crippen LogP contribution in [0.25, 0.3) is 6.08 Å². The van der Waals surface area contributed by atoms with Gasteiger partial charge in [0.2, 0.25) is 0 Å². The molecule has 37 heavy (non-hydrogen) atoms. The summed E-state index contributed by atoms with van der Waals surface area (Å²) in [5.74, 6) is -0.284. The summed E-state index contributed by atoms with van der Waals surface area (Å²) in [6, 6.07) is 20.6. The quantitative estimate of drug-likeness (QED) is 0.205. The summed E-state index contributed by atoms with van der Waals surface area (Å²) in [4.78, 5) is 24.5. The lowest BCUT2D eigenvalue weighted by Crippen LogP contribution is -2.13. The molecule has 0 unspecified atom stereocenters. The number of carbonyl (C=O) groups excluding carboxylic acids is 2. The monoisotopic (exact) mass is 559 g/mol. The van der Waals surface area contributed by atoms with Crippen LogP contribution in [-0.2, 0) is 16.1 Å². The van der Waals surface area contributed by atoms with Crippen molar-refractivity contribution in [2.45, 2.75) is 13.5 Å². The molecule has 0 aliphatic heterocycles. The topological polar surface area (TPSA) is 121 Å². The first kappa shape index (κ1) is 27.0. The van der Waals surface area contributed by atoms with Gasteiger partial charge >= 0.3 is 5.97 Å². The van der Waals surface area contributed by atoms with Crippen LogP contribution in [0.4, 0.5) is 5.69 Å². The van der Waals surface area contributed by atoms with Gasteiger partial charge in [-0.1, -0.05) is 18.2 Å². The molecule has 0 bridgehead atoms. The van der Waals surface area contributed by atoms with E-state index in [4.69, 9.17) is 14.2 Å². The van der Waals surface area contributed by atoms with Crippen LogP contribution in [0, 0.1) is 22.7 Å². The normalized spacial score (nSPS) is 10.6. The Morgan fingerprint density at radius 3 is 2.46 bits per heavy atom. The van der Waals surface area contributed by atoms with Gasteiger partial charge in [-0.25, -0.2) is 4.79 Å². The van der Waals surface area contributed by atoms with Gasteiger partial charge in [-0.2, -0.15) is 10.5 Å². The van der Waals surface area contributed by atoms with Crippen LogP contribution in [0.15, 0.2) is 70.7 Å². The second-order valence-electron chi connectivity index (χ2n) is 7.51. The number of halogens is 1. The van der Waals surface area contributed by atoms with Crippen molar-refractivity contribution in [1.82, 2.24) is 0 Å². The van der Waals surface area contributed by atoms with Gasteiger partial charge in [-0.15, -0.1) is 0 Å². The van der Waals surface area contributed by atoms with Gasteiger partial charge in [-0.3, -0.25) is 4.79 Å². The number of esters is 1. The van der Waals surface area contributed by atoms with Crippen LogP contribution in [0.2, 0.25) is 0 Å². The predicted molar refractivity (Wildman–Crippen MR) is 141 cm³/mol. The molecule has 0 aromatic heterocycles. The SMILES string of the molecule is CCOC(=O)c1ccc(NC(=O)/C(C#N)=C/c2cc(Br)c(OCc3ccccc3C#N)c(OC)c2)cc1. The van der Waals surface area contributed by atoms with Crippen LogP contribution in [0.3, 0.4) is 0 Å². The van der Waals surface area contributed by atoms with E-state index in [1.807, 2.05) is 12.1 Å². The number of nitrogens with one attached hydrogen (secondary N) is 1. The summed E-state index contributed by atoms with van der Waals surface area (Å²) >= 11 is 3.46. The largest absolute Gasteiger partial charge is 0.493 e. The maximum absolute atomic E-state index is 12.7. The molecular weight excluding hydrogens is 538 g/mol. The minimum absolute atomic E-state index is 0.139. The zero-order chi connectivity index (χ0) is 26.8. The second-order valence-corrected chi connectivity index (χ2v) is 8.37. The summed E-state index contributed by atoms with van der Waals surface area (Å²) in [6.07, 6.45) is 1.42. The van der Waals surface area contributed by atoms with Crippen LogP contribution in [0.5, 0.6) is 11.5 Å². The molecule has 8 nitrogen and oxygen atoms in total. The van der Waals surface area contributed by atoms with E-state index < -0.39 is 11.9 Å². The average molecular weight is 560 g/mol. The molecule has 0 aliphatic carbocycles. The smallest absolute Gasteiger partial charge is 0.338 e. The van der Waals surface area contributed by atoms with Gasteiger partial charge in [-0.05, 0) is 77.0 Å². The van der Waals surface area contributed by atoms with Gasteiger partial charge in [0.25, 0.3) is 5.91 Å². The molecular formula is C28H22BrN3O5. The fourth-order valence-corrected chi connectivity index (χ4v) is 3.86. The Labute approximate surface area is 222 Å². The number of rotatable bonds is 9. The van der Waals surface area contributed by atoms with E-state index in [0.29, 0.717) is 38.3 Å². The number of hydrogen-bond donors (Lipinski definition) is 1. The number of ether oxygens (including phenoxy) is 3. The third-order valence-corrected chi connectivity index (χ3v) is 5.68. The minimum Gasteiger partial charge on any atom is -0.493 e. The molecule has 0 spiro atoms. The number of amides is 1. The number of methoxy groups -OCH3 is 1. The zero-order valence-corrected chi connectivity index (χ0v) is 21.7. The Bertz CT molecular complexity index is 1420. The van der Waals surface area contributed by atoms with Gasteiger partial charge in [0.05, 0.1) is 35.4 Å². The van der Waals surface area contributed by atoms with Crippen LogP contribution in [0.1, 0.15) is 34.0 Å². The number of anilines is 1. The number of nitriles is 2. The first-order valence-corrected chi connectivity index (χ1v) is 11.9. The summed E-state index contributed by atoms with van der Waals surface area (Å²) in [7, 11) is 1.48. The first-order chi connectivity index (χ1) is 17.9. The van der Waals surface area contributed by atoms with Crippen molar-refractivity contribution in [3.8, 4) is 23.6 Å². The molecule has 3 aromatic carbocycles. The minimum atomic E-state index is -0.616. The van der Waals surface area contributed by atoms with Crippen molar-refractivity contribution in [1.29, 1.82) is 10.5 Å². The summed E-state index contributed by atoms with van der Waals surface area (Å²) in [5, 5.41) is 21.5. The predicted octanol–water partition coefficient (Wildman–Crippen LogP) is 5.63. The molecule has 3 aromatic rings. The maximum atomic E-state index is 12.7. The Balaban J connectivity index is 1.78. The molecule has 0 atom stereocenters. The molecule has 9 heteroatoms. The van der Waals surface area contributed by atoms with Crippen LogP contribution < -0.4 is 14.8 Å². The molecule has 0 saturated carbocycles.